The molecule has 2 aromatic heterocycles. The summed E-state index contributed by atoms with van der Waals surface area (Å²) in [6.45, 7) is 4.35. The number of carbonyl (C=O) groups is 1. The van der Waals surface area contributed by atoms with Crippen molar-refractivity contribution in [1.82, 2.24) is 20.0 Å². The highest BCUT2D eigenvalue weighted by atomic mass is 16.5. The zero-order valence-corrected chi connectivity index (χ0v) is 14.2. The lowest BCUT2D eigenvalue weighted by atomic mass is 10.1. The van der Waals surface area contributed by atoms with Gasteiger partial charge in [0.1, 0.15) is 6.54 Å². The lowest BCUT2D eigenvalue weighted by Gasteiger charge is -2.06. The molecule has 0 saturated carbocycles. The molecule has 1 N–H and O–H groups in total. The number of hydrogen-bond acceptors (Lipinski definition) is 5. The number of nitrogens with zero attached hydrogens (tertiary/aromatic N) is 3. The Morgan fingerprint density at radius 2 is 2.12 bits per heavy atom. The van der Waals surface area contributed by atoms with Crippen molar-refractivity contribution in [2.75, 3.05) is 0 Å². The molecule has 1 aromatic carbocycles. The van der Waals surface area contributed by atoms with E-state index in [1.165, 1.54) is 10.9 Å². The molecule has 0 atom stereocenters. The summed E-state index contributed by atoms with van der Waals surface area (Å²) in [4.78, 5) is 28.7. The Bertz CT molecular complexity index is 943. The van der Waals surface area contributed by atoms with Crippen molar-refractivity contribution in [3.63, 3.8) is 0 Å². The van der Waals surface area contributed by atoms with E-state index in [1.807, 2.05) is 12.1 Å². The molecule has 0 unspecified atom stereocenters. The average Bonchev–Trinajstić information content (AvgIpc) is 3.02. The highest BCUT2D eigenvalue weighted by Gasteiger charge is 2.10. The summed E-state index contributed by atoms with van der Waals surface area (Å²) >= 11 is 0. The van der Waals surface area contributed by atoms with Gasteiger partial charge >= 0.3 is 0 Å². The highest BCUT2D eigenvalue weighted by Crippen LogP contribution is 2.09. The molecule has 130 valence electrons. The van der Waals surface area contributed by atoms with Crippen LogP contribution in [0.25, 0.3) is 10.9 Å². The summed E-state index contributed by atoms with van der Waals surface area (Å²) in [7, 11) is 0. The summed E-state index contributed by atoms with van der Waals surface area (Å²) < 4.78 is 6.50. The van der Waals surface area contributed by atoms with Gasteiger partial charge in [-0.3, -0.25) is 14.2 Å². The highest BCUT2D eigenvalue weighted by molar-refractivity contribution is 5.78. The number of fused-ring (bicyclic) bond motifs is 1. The second-order valence-corrected chi connectivity index (χ2v) is 6.35. The largest absolute Gasteiger partial charge is 0.359 e. The topological polar surface area (TPSA) is 90.0 Å². The van der Waals surface area contributed by atoms with Crippen molar-refractivity contribution in [1.29, 1.82) is 0 Å². The van der Waals surface area contributed by atoms with Gasteiger partial charge in [0.25, 0.3) is 5.56 Å². The van der Waals surface area contributed by atoms with E-state index in [0.29, 0.717) is 22.6 Å². The van der Waals surface area contributed by atoms with E-state index in [4.69, 9.17) is 4.52 Å². The number of rotatable bonds is 6. The molecule has 2 heterocycles. The first kappa shape index (κ1) is 16.9. The van der Waals surface area contributed by atoms with Gasteiger partial charge in [-0.15, -0.1) is 0 Å². The third-order valence-corrected chi connectivity index (χ3v) is 3.73. The third kappa shape index (κ3) is 4.12. The van der Waals surface area contributed by atoms with Gasteiger partial charge in [-0.05, 0) is 24.5 Å². The summed E-state index contributed by atoms with van der Waals surface area (Å²) in [5.41, 5.74) is 1.25. The van der Waals surface area contributed by atoms with Gasteiger partial charge in [0.15, 0.2) is 5.76 Å². The maximum absolute atomic E-state index is 12.4. The number of carbonyl (C=O) groups excluding carboxylic acids is 1. The van der Waals surface area contributed by atoms with E-state index in [1.54, 1.807) is 18.2 Å². The van der Waals surface area contributed by atoms with E-state index in [2.05, 4.69) is 29.3 Å². The van der Waals surface area contributed by atoms with E-state index in [9.17, 15) is 9.59 Å². The smallest absolute Gasteiger partial charge is 0.261 e. The molecule has 0 spiro atoms. The summed E-state index contributed by atoms with van der Waals surface area (Å²) in [5, 5.41) is 7.20. The van der Waals surface area contributed by atoms with Crippen molar-refractivity contribution >= 4 is 16.8 Å². The van der Waals surface area contributed by atoms with E-state index >= 15 is 0 Å². The fourth-order valence-electron chi connectivity index (χ4n) is 2.57. The lowest BCUT2D eigenvalue weighted by Crippen LogP contribution is -2.32. The Morgan fingerprint density at radius 3 is 2.92 bits per heavy atom. The maximum Gasteiger partial charge on any atom is 0.261 e. The third-order valence-electron chi connectivity index (χ3n) is 3.73. The van der Waals surface area contributed by atoms with E-state index < -0.39 is 0 Å². The number of benzene rings is 1. The van der Waals surface area contributed by atoms with Crippen molar-refractivity contribution < 1.29 is 9.32 Å². The quantitative estimate of drug-likeness (QED) is 0.740. The minimum absolute atomic E-state index is 0.0936. The zero-order valence-electron chi connectivity index (χ0n) is 14.2. The van der Waals surface area contributed by atoms with E-state index in [-0.39, 0.29) is 24.6 Å². The van der Waals surface area contributed by atoms with Crippen LogP contribution in [0.1, 0.15) is 25.3 Å². The molecule has 0 aliphatic rings. The SMILES string of the molecule is CC(C)Cc1cc(CNC(=O)Cn2cnc3ccccc3c2=O)on1. The van der Waals surface area contributed by atoms with Crippen LogP contribution in [0.5, 0.6) is 0 Å². The van der Waals surface area contributed by atoms with Gasteiger partial charge in [0, 0.05) is 6.07 Å². The average molecular weight is 340 g/mol. The van der Waals surface area contributed by atoms with Gasteiger partial charge in [0.2, 0.25) is 5.91 Å². The van der Waals surface area contributed by atoms with Crippen LogP contribution in [-0.2, 0) is 24.3 Å². The molecule has 0 aliphatic heterocycles. The first-order chi connectivity index (χ1) is 12.0. The summed E-state index contributed by atoms with van der Waals surface area (Å²) in [6, 6.07) is 8.89. The predicted molar refractivity (Wildman–Crippen MR) is 92.9 cm³/mol. The molecule has 0 fully saturated rings. The molecule has 25 heavy (non-hydrogen) atoms. The maximum atomic E-state index is 12.4. The lowest BCUT2D eigenvalue weighted by molar-refractivity contribution is -0.122. The van der Waals surface area contributed by atoms with Gasteiger partial charge in [0.05, 0.1) is 29.5 Å². The first-order valence-corrected chi connectivity index (χ1v) is 8.18. The van der Waals surface area contributed by atoms with E-state index in [0.717, 1.165) is 12.1 Å². The van der Waals surface area contributed by atoms with Crippen LogP contribution in [0.15, 0.2) is 46.0 Å². The zero-order chi connectivity index (χ0) is 17.8. The number of amides is 1. The second kappa shape index (κ2) is 7.29. The monoisotopic (exact) mass is 340 g/mol. The number of nitrogens with one attached hydrogen (secondary N) is 1. The Balaban J connectivity index is 1.62. The Morgan fingerprint density at radius 1 is 1.32 bits per heavy atom. The molecule has 0 saturated heterocycles. The van der Waals surface area contributed by atoms with Crippen LogP contribution >= 0.6 is 0 Å². The van der Waals surface area contributed by atoms with Crippen LogP contribution in [0, 0.1) is 5.92 Å². The van der Waals surface area contributed by atoms with Gasteiger partial charge in [-0.2, -0.15) is 0 Å². The molecule has 3 aromatic rings. The van der Waals surface area contributed by atoms with Crippen LogP contribution < -0.4 is 10.9 Å². The Labute approximate surface area is 144 Å². The molecular weight excluding hydrogens is 320 g/mol. The van der Waals surface area contributed by atoms with Gasteiger partial charge in [-0.25, -0.2) is 4.98 Å². The Hall–Kier alpha value is -2.96. The van der Waals surface area contributed by atoms with Crippen molar-refractivity contribution in [2.45, 2.75) is 33.4 Å². The second-order valence-electron chi connectivity index (χ2n) is 6.35. The minimum atomic E-state index is -0.291. The predicted octanol–water partition coefficient (Wildman–Crippen LogP) is 1.90. The summed E-state index contributed by atoms with van der Waals surface area (Å²) in [6.07, 6.45) is 2.22. The van der Waals surface area contributed by atoms with Crippen LogP contribution in [0.4, 0.5) is 0 Å². The molecule has 3 rings (SSSR count). The molecule has 0 radical (unpaired) electrons. The minimum Gasteiger partial charge on any atom is -0.359 e. The first-order valence-electron chi connectivity index (χ1n) is 8.18. The molecule has 7 nitrogen and oxygen atoms in total. The fourth-order valence-corrected chi connectivity index (χ4v) is 2.57. The number of para-hydroxylation sites is 1. The van der Waals surface area contributed by atoms with Crippen molar-refractivity contribution in [3.8, 4) is 0 Å². The van der Waals surface area contributed by atoms with Gasteiger partial charge < -0.3 is 9.84 Å². The molecule has 1 amide bonds. The summed E-state index contributed by atoms with van der Waals surface area (Å²) in [5.74, 6) is 0.786. The standard InChI is InChI=1S/C18H20N4O3/c1-12(2)7-13-8-14(25-21-13)9-19-17(23)10-22-11-20-16-6-4-3-5-15(16)18(22)24/h3-6,8,11-12H,7,9-10H2,1-2H3,(H,19,23). The normalized spacial score (nSPS) is 11.2. The Kier molecular flexibility index (Phi) is 4.92. The van der Waals surface area contributed by atoms with Gasteiger partial charge in [-0.1, -0.05) is 31.1 Å². The molecule has 7 heteroatoms. The number of hydrogen-bond donors (Lipinski definition) is 1. The fraction of sp³-hybridized carbons (Fsp3) is 0.333. The van der Waals surface area contributed by atoms with Crippen molar-refractivity contribution in [2.24, 2.45) is 5.92 Å². The van der Waals surface area contributed by atoms with Crippen molar-refractivity contribution in [3.05, 3.63) is 58.5 Å². The number of aromatic nitrogens is 3. The molecule has 0 bridgehead atoms. The van der Waals surface area contributed by atoms with Crippen LogP contribution in [0.2, 0.25) is 0 Å². The molecule has 0 aliphatic carbocycles. The molecular formula is C18H20N4O3. The van der Waals surface area contributed by atoms with Crippen LogP contribution in [-0.4, -0.2) is 20.6 Å². The van der Waals surface area contributed by atoms with Crippen LogP contribution in [0.3, 0.4) is 0 Å².